The molecule has 1 amide bonds. The number of carbonyl (C=O) groups is 1. The molecule has 1 rings (SSSR count). The van der Waals surface area contributed by atoms with E-state index >= 15 is 0 Å². The van der Waals surface area contributed by atoms with Crippen LogP contribution >= 0.6 is 0 Å². The van der Waals surface area contributed by atoms with Gasteiger partial charge in [-0.2, -0.15) is 0 Å². The first-order valence-electron chi connectivity index (χ1n) is 6.76. The number of nitrogens with one attached hydrogen (secondary N) is 1. The highest BCUT2D eigenvalue weighted by Crippen LogP contribution is 2.13. The maximum Gasteiger partial charge on any atom is 0.241 e. The van der Waals surface area contributed by atoms with Crippen LogP contribution in [0.15, 0.2) is 24.3 Å². The fraction of sp³-hybridized carbons (Fsp3) is 0.533. The summed E-state index contributed by atoms with van der Waals surface area (Å²) in [6.45, 7) is 7.29. The molecular formula is C15H24N2O2. The van der Waals surface area contributed by atoms with Crippen LogP contribution in [-0.2, 0) is 16.1 Å². The van der Waals surface area contributed by atoms with Crippen LogP contribution in [0, 0.1) is 5.92 Å². The second-order valence-corrected chi connectivity index (χ2v) is 5.06. The summed E-state index contributed by atoms with van der Waals surface area (Å²) in [5.74, 6) is 0.271. The molecule has 19 heavy (non-hydrogen) atoms. The summed E-state index contributed by atoms with van der Waals surface area (Å²) in [6.07, 6.45) is 0.685. The van der Waals surface area contributed by atoms with Crippen molar-refractivity contribution in [1.82, 2.24) is 0 Å². The topological polar surface area (TPSA) is 64.3 Å². The average Bonchev–Trinajstić information content (AvgIpc) is 2.36. The van der Waals surface area contributed by atoms with E-state index in [2.05, 4.69) is 19.2 Å². The minimum atomic E-state index is -0.462. The van der Waals surface area contributed by atoms with Gasteiger partial charge in [0.2, 0.25) is 5.91 Å². The number of hydrogen-bond donors (Lipinski definition) is 2. The van der Waals surface area contributed by atoms with Crippen LogP contribution in [-0.4, -0.2) is 18.6 Å². The minimum Gasteiger partial charge on any atom is -0.377 e. The Kier molecular flexibility index (Phi) is 6.53. The summed E-state index contributed by atoms with van der Waals surface area (Å²) in [6, 6.07) is 7.18. The van der Waals surface area contributed by atoms with Crippen LogP contribution in [0.3, 0.4) is 0 Å². The summed E-state index contributed by atoms with van der Waals surface area (Å²) in [5.41, 5.74) is 7.65. The molecule has 0 spiro atoms. The second kappa shape index (κ2) is 7.92. The highest BCUT2D eigenvalue weighted by atomic mass is 16.5. The maximum atomic E-state index is 11.9. The van der Waals surface area contributed by atoms with E-state index in [-0.39, 0.29) is 5.91 Å². The van der Waals surface area contributed by atoms with Crippen LogP contribution < -0.4 is 11.1 Å². The molecule has 3 N–H and O–H groups in total. The highest BCUT2D eigenvalue weighted by molar-refractivity contribution is 5.94. The number of carbonyl (C=O) groups excluding carboxylic acids is 1. The molecule has 0 saturated heterocycles. The summed E-state index contributed by atoms with van der Waals surface area (Å²) in [5, 5.41) is 2.84. The lowest BCUT2D eigenvalue weighted by Crippen LogP contribution is -2.36. The Hall–Kier alpha value is -1.39. The molecule has 0 bridgehead atoms. The molecule has 0 heterocycles. The molecule has 0 fully saturated rings. The summed E-state index contributed by atoms with van der Waals surface area (Å²) < 4.78 is 5.34. The molecule has 0 unspecified atom stereocenters. The van der Waals surface area contributed by atoms with E-state index in [1.165, 1.54) is 0 Å². The lowest BCUT2D eigenvalue weighted by Gasteiger charge is -2.14. The summed E-state index contributed by atoms with van der Waals surface area (Å²) in [4.78, 5) is 11.9. The first-order valence-corrected chi connectivity index (χ1v) is 6.76. The number of hydrogen-bond acceptors (Lipinski definition) is 3. The number of ether oxygens (including phenoxy) is 1. The van der Waals surface area contributed by atoms with Gasteiger partial charge in [-0.05, 0) is 37.0 Å². The molecule has 0 aliphatic heterocycles. The molecule has 0 saturated carbocycles. The van der Waals surface area contributed by atoms with Gasteiger partial charge in [0.25, 0.3) is 0 Å². The van der Waals surface area contributed by atoms with Gasteiger partial charge in [0.05, 0.1) is 12.6 Å². The van der Waals surface area contributed by atoms with Crippen molar-refractivity contribution in [3.05, 3.63) is 29.8 Å². The molecule has 1 aromatic carbocycles. The molecule has 1 atom stereocenters. The molecule has 0 aromatic heterocycles. The van der Waals surface area contributed by atoms with Crippen molar-refractivity contribution in [3.63, 3.8) is 0 Å². The van der Waals surface area contributed by atoms with Crippen molar-refractivity contribution in [2.75, 3.05) is 11.9 Å². The first kappa shape index (κ1) is 15.7. The maximum absolute atomic E-state index is 11.9. The van der Waals surface area contributed by atoms with Crippen molar-refractivity contribution in [3.8, 4) is 0 Å². The van der Waals surface area contributed by atoms with Crippen molar-refractivity contribution < 1.29 is 9.53 Å². The number of amides is 1. The monoisotopic (exact) mass is 264 g/mol. The molecule has 106 valence electrons. The molecule has 0 aliphatic rings. The van der Waals surface area contributed by atoms with E-state index in [9.17, 15) is 4.79 Å². The molecule has 0 aliphatic carbocycles. The number of rotatable bonds is 7. The Morgan fingerprint density at radius 2 is 2.16 bits per heavy atom. The van der Waals surface area contributed by atoms with E-state index in [0.717, 1.165) is 11.3 Å². The lowest BCUT2D eigenvalue weighted by atomic mass is 10.0. The molecule has 1 aromatic rings. The Morgan fingerprint density at radius 1 is 1.42 bits per heavy atom. The van der Waals surface area contributed by atoms with E-state index in [4.69, 9.17) is 10.5 Å². The van der Waals surface area contributed by atoms with Gasteiger partial charge >= 0.3 is 0 Å². The Morgan fingerprint density at radius 3 is 2.79 bits per heavy atom. The summed E-state index contributed by atoms with van der Waals surface area (Å²) >= 11 is 0. The number of benzene rings is 1. The highest BCUT2D eigenvalue weighted by Gasteiger charge is 2.14. The zero-order valence-electron chi connectivity index (χ0n) is 12.0. The number of nitrogens with two attached hydrogens (primary N) is 1. The molecule has 4 nitrogen and oxygen atoms in total. The van der Waals surface area contributed by atoms with Gasteiger partial charge in [-0.3, -0.25) is 4.79 Å². The Bertz CT molecular complexity index is 405. The van der Waals surface area contributed by atoms with Gasteiger partial charge in [-0.15, -0.1) is 0 Å². The van der Waals surface area contributed by atoms with Gasteiger partial charge in [0.1, 0.15) is 0 Å². The van der Waals surface area contributed by atoms with Crippen LogP contribution in [0.25, 0.3) is 0 Å². The zero-order valence-corrected chi connectivity index (χ0v) is 12.0. The van der Waals surface area contributed by atoms with Gasteiger partial charge in [-0.25, -0.2) is 0 Å². The summed E-state index contributed by atoms with van der Waals surface area (Å²) in [7, 11) is 0. The predicted molar refractivity (Wildman–Crippen MR) is 77.8 cm³/mol. The average molecular weight is 264 g/mol. The van der Waals surface area contributed by atoms with Crippen LogP contribution in [0.1, 0.15) is 32.8 Å². The van der Waals surface area contributed by atoms with Crippen LogP contribution in [0.4, 0.5) is 5.69 Å². The smallest absolute Gasteiger partial charge is 0.241 e. The van der Waals surface area contributed by atoms with Gasteiger partial charge in [0.15, 0.2) is 0 Å². The van der Waals surface area contributed by atoms with E-state index in [1.54, 1.807) is 0 Å². The van der Waals surface area contributed by atoms with E-state index < -0.39 is 6.04 Å². The van der Waals surface area contributed by atoms with Crippen molar-refractivity contribution >= 4 is 11.6 Å². The van der Waals surface area contributed by atoms with Gasteiger partial charge < -0.3 is 15.8 Å². The normalized spacial score (nSPS) is 12.5. The second-order valence-electron chi connectivity index (χ2n) is 5.06. The largest absolute Gasteiger partial charge is 0.377 e. The quantitative estimate of drug-likeness (QED) is 0.795. The predicted octanol–water partition coefficient (Wildman–Crippen LogP) is 2.54. The Balaban J connectivity index is 2.58. The first-order chi connectivity index (χ1) is 9.02. The minimum absolute atomic E-state index is 0.137. The third kappa shape index (κ3) is 5.85. The van der Waals surface area contributed by atoms with Crippen LogP contribution in [0.2, 0.25) is 0 Å². The molecule has 0 radical (unpaired) electrons. The van der Waals surface area contributed by atoms with Gasteiger partial charge in [-0.1, -0.05) is 26.0 Å². The third-order valence-electron chi connectivity index (χ3n) is 2.73. The van der Waals surface area contributed by atoms with Gasteiger partial charge in [0, 0.05) is 12.3 Å². The van der Waals surface area contributed by atoms with Crippen molar-refractivity contribution in [2.45, 2.75) is 39.8 Å². The molecule has 4 heteroatoms. The lowest BCUT2D eigenvalue weighted by molar-refractivity contribution is -0.117. The fourth-order valence-corrected chi connectivity index (χ4v) is 1.81. The standard InChI is InChI=1S/C15H24N2O2/c1-4-19-10-12-6-5-7-13(9-12)17-15(18)14(16)8-11(2)3/h5-7,9,11,14H,4,8,10,16H2,1-3H3,(H,17,18)/t14-/m0/s1. The number of anilines is 1. The molecular weight excluding hydrogens is 240 g/mol. The van der Waals surface area contributed by atoms with E-state index in [0.29, 0.717) is 25.6 Å². The van der Waals surface area contributed by atoms with Crippen molar-refractivity contribution in [1.29, 1.82) is 0 Å². The van der Waals surface area contributed by atoms with E-state index in [1.807, 2.05) is 31.2 Å². The third-order valence-corrected chi connectivity index (χ3v) is 2.73. The zero-order chi connectivity index (χ0) is 14.3. The van der Waals surface area contributed by atoms with Crippen molar-refractivity contribution in [2.24, 2.45) is 11.7 Å². The van der Waals surface area contributed by atoms with Crippen LogP contribution in [0.5, 0.6) is 0 Å². The Labute approximate surface area is 115 Å². The SMILES string of the molecule is CCOCc1cccc(NC(=O)[C@@H](N)CC(C)C)c1. The fourth-order valence-electron chi connectivity index (χ4n) is 1.81.